The van der Waals surface area contributed by atoms with Gasteiger partial charge in [0.05, 0.1) is 0 Å². The molecular formula is C24H38F4. The fourth-order valence-corrected chi connectivity index (χ4v) is 4.17. The highest BCUT2D eigenvalue weighted by Crippen LogP contribution is 2.50. The molecule has 0 N–H and O–H groups in total. The molecule has 0 spiro atoms. The molecule has 0 aliphatic rings. The highest BCUT2D eigenvalue weighted by Gasteiger charge is 2.43. The molecule has 28 heavy (non-hydrogen) atoms. The Balaban J connectivity index is 3.80. The van der Waals surface area contributed by atoms with E-state index in [0.29, 0.717) is 0 Å². The maximum absolute atomic E-state index is 15.1. The molecule has 0 aromatic heterocycles. The van der Waals surface area contributed by atoms with Crippen LogP contribution in [0.3, 0.4) is 0 Å². The van der Waals surface area contributed by atoms with Gasteiger partial charge in [0.1, 0.15) is 0 Å². The van der Waals surface area contributed by atoms with Crippen LogP contribution in [0.25, 0.3) is 0 Å². The Kier molecular flexibility index (Phi) is 7.81. The van der Waals surface area contributed by atoms with Crippen molar-refractivity contribution in [1.82, 2.24) is 0 Å². The van der Waals surface area contributed by atoms with Crippen molar-refractivity contribution in [3.05, 3.63) is 34.4 Å². The van der Waals surface area contributed by atoms with Crippen molar-refractivity contribution in [1.29, 1.82) is 0 Å². The minimum atomic E-state index is -1.25. The molecular weight excluding hydrogens is 364 g/mol. The molecule has 0 aliphatic carbocycles. The molecule has 0 heterocycles. The van der Waals surface area contributed by atoms with E-state index in [-0.39, 0.29) is 35.0 Å². The summed E-state index contributed by atoms with van der Waals surface area (Å²) in [7, 11) is 0. The average molecular weight is 403 g/mol. The Morgan fingerprint density at radius 1 is 0.714 bits per heavy atom. The monoisotopic (exact) mass is 402 g/mol. The number of hydrogen-bond donors (Lipinski definition) is 0. The summed E-state index contributed by atoms with van der Waals surface area (Å²) in [6.45, 7) is 19.8. The van der Waals surface area contributed by atoms with Crippen molar-refractivity contribution in [2.45, 2.75) is 88.0 Å². The summed E-state index contributed by atoms with van der Waals surface area (Å²) in [6, 6.07) is 0. The standard InChI is InChI=1S/C24H38F4/c1-11-16-19(25)21(27)18(22(28)20(16)26)17(15(5)24(9,10)12-2)13(3)14(4)23(6,7)8/h13-15,17H,11-12H2,1-10H3. The van der Waals surface area contributed by atoms with Gasteiger partial charge in [-0.25, -0.2) is 17.6 Å². The van der Waals surface area contributed by atoms with E-state index in [1.54, 1.807) is 0 Å². The lowest BCUT2D eigenvalue weighted by molar-refractivity contribution is 0.0916. The lowest BCUT2D eigenvalue weighted by Gasteiger charge is -2.44. The fourth-order valence-electron chi connectivity index (χ4n) is 4.17. The molecule has 1 aromatic rings. The van der Waals surface area contributed by atoms with Gasteiger partial charge in [-0.15, -0.1) is 0 Å². The van der Waals surface area contributed by atoms with E-state index in [1.165, 1.54) is 6.92 Å². The molecule has 162 valence electrons. The van der Waals surface area contributed by atoms with Gasteiger partial charge >= 0.3 is 0 Å². The maximum Gasteiger partial charge on any atom is 0.165 e. The second-order valence-corrected chi connectivity index (χ2v) is 10.2. The number of benzene rings is 1. The van der Waals surface area contributed by atoms with E-state index in [9.17, 15) is 8.78 Å². The topological polar surface area (TPSA) is 0 Å². The van der Waals surface area contributed by atoms with Crippen molar-refractivity contribution in [3.63, 3.8) is 0 Å². The number of hydrogen-bond acceptors (Lipinski definition) is 0. The van der Waals surface area contributed by atoms with Gasteiger partial charge in [-0.3, -0.25) is 0 Å². The van der Waals surface area contributed by atoms with Crippen molar-refractivity contribution in [3.8, 4) is 0 Å². The Morgan fingerprint density at radius 3 is 1.46 bits per heavy atom. The average Bonchev–Trinajstić information content (AvgIpc) is 2.61. The fraction of sp³-hybridized carbons (Fsp3) is 0.750. The highest BCUT2D eigenvalue weighted by atomic mass is 19.2. The third-order valence-electron chi connectivity index (χ3n) is 7.48. The van der Waals surface area contributed by atoms with Gasteiger partial charge in [0.2, 0.25) is 0 Å². The summed E-state index contributed by atoms with van der Waals surface area (Å²) in [6.07, 6.45) is 0.697. The van der Waals surface area contributed by atoms with Crippen LogP contribution in [0.1, 0.15) is 92.7 Å². The highest BCUT2D eigenvalue weighted by molar-refractivity contribution is 5.33. The summed E-state index contributed by atoms with van der Waals surface area (Å²) < 4.78 is 59.5. The third kappa shape index (κ3) is 4.57. The van der Waals surface area contributed by atoms with Gasteiger partial charge in [0.15, 0.2) is 23.3 Å². The van der Waals surface area contributed by atoms with E-state index in [0.717, 1.165) is 6.42 Å². The first-order chi connectivity index (χ1) is 12.6. The van der Waals surface area contributed by atoms with Crippen LogP contribution in [0, 0.1) is 51.9 Å². The zero-order valence-electron chi connectivity index (χ0n) is 19.2. The second kappa shape index (κ2) is 8.75. The summed E-state index contributed by atoms with van der Waals surface area (Å²) in [5, 5.41) is 0. The van der Waals surface area contributed by atoms with E-state index in [4.69, 9.17) is 0 Å². The van der Waals surface area contributed by atoms with Crippen molar-refractivity contribution in [2.24, 2.45) is 28.6 Å². The Labute approximate surface area is 169 Å². The Bertz CT molecular complexity index is 656. The van der Waals surface area contributed by atoms with Crippen LogP contribution in [0.15, 0.2) is 0 Å². The molecule has 0 amide bonds. The van der Waals surface area contributed by atoms with Crippen LogP contribution in [-0.4, -0.2) is 0 Å². The van der Waals surface area contributed by atoms with Gasteiger partial charge in [-0.1, -0.05) is 75.7 Å². The summed E-state index contributed by atoms with van der Waals surface area (Å²) in [5.41, 5.74) is -1.30. The quantitative estimate of drug-likeness (QED) is 0.318. The van der Waals surface area contributed by atoms with Gasteiger partial charge in [0, 0.05) is 11.1 Å². The maximum atomic E-state index is 15.1. The SMILES string of the molecule is CCc1c(F)c(F)c(C(C(C)C(C)C(C)(C)C)C(C)C(C)(C)CC)c(F)c1F. The van der Waals surface area contributed by atoms with Crippen LogP contribution < -0.4 is 0 Å². The number of halogens is 4. The Morgan fingerprint density at radius 2 is 1.14 bits per heavy atom. The van der Waals surface area contributed by atoms with Crippen LogP contribution in [0.4, 0.5) is 17.6 Å². The van der Waals surface area contributed by atoms with Crippen LogP contribution in [0.2, 0.25) is 0 Å². The molecule has 0 nitrogen and oxygen atoms in total. The molecule has 0 aliphatic heterocycles. The first kappa shape index (κ1) is 25.0. The second-order valence-electron chi connectivity index (χ2n) is 10.2. The predicted octanol–water partition coefficient (Wildman–Crippen LogP) is 8.28. The first-order valence-electron chi connectivity index (χ1n) is 10.5. The van der Waals surface area contributed by atoms with Gasteiger partial charge in [0.25, 0.3) is 0 Å². The summed E-state index contributed by atoms with van der Waals surface area (Å²) in [5.74, 6) is -5.86. The molecule has 1 aromatic carbocycles. The molecule has 0 bridgehead atoms. The molecule has 4 unspecified atom stereocenters. The lowest BCUT2D eigenvalue weighted by atomic mass is 9.60. The van der Waals surface area contributed by atoms with Gasteiger partial charge < -0.3 is 0 Å². The summed E-state index contributed by atoms with van der Waals surface area (Å²) >= 11 is 0. The van der Waals surface area contributed by atoms with Crippen molar-refractivity contribution < 1.29 is 17.6 Å². The van der Waals surface area contributed by atoms with E-state index >= 15 is 8.78 Å². The molecule has 4 heteroatoms. The zero-order chi connectivity index (χ0) is 22.2. The molecule has 0 fully saturated rings. The predicted molar refractivity (Wildman–Crippen MR) is 109 cm³/mol. The minimum absolute atomic E-state index is 0.0865. The van der Waals surface area contributed by atoms with Gasteiger partial charge in [-0.2, -0.15) is 0 Å². The van der Waals surface area contributed by atoms with E-state index < -0.39 is 40.3 Å². The minimum Gasteiger partial charge on any atom is -0.203 e. The normalized spacial score (nSPS) is 17.4. The van der Waals surface area contributed by atoms with E-state index in [1.807, 2.05) is 41.5 Å². The first-order valence-corrected chi connectivity index (χ1v) is 10.5. The van der Waals surface area contributed by atoms with Crippen molar-refractivity contribution >= 4 is 0 Å². The van der Waals surface area contributed by atoms with Gasteiger partial charge in [-0.05, 0) is 40.9 Å². The molecule has 4 atom stereocenters. The third-order valence-corrected chi connectivity index (χ3v) is 7.48. The van der Waals surface area contributed by atoms with Crippen molar-refractivity contribution in [2.75, 3.05) is 0 Å². The van der Waals surface area contributed by atoms with Crippen LogP contribution >= 0.6 is 0 Å². The van der Waals surface area contributed by atoms with Crippen LogP contribution in [0.5, 0.6) is 0 Å². The molecule has 0 saturated heterocycles. The molecule has 0 radical (unpaired) electrons. The van der Waals surface area contributed by atoms with E-state index in [2.05, 4.69) is 20.8 Å². The molecule has 0 saturated carbocycles. The Hall–Kier alpha value is -1.06. The molecule has 1 rings (SSSR count). The van der Waals surface area contributed by atoms with Crippen LogP contribution in [-0.2, 0) is 6.42 Å². The lowest BCUT2D eigenvalue weighted by Crippen LogP contribution is -2.37. The largest absolute Gasteiger partial charge is 0.203 e. The smallest absolute Gasteiger partial charge is 0.165 e. The number of rotatable bonds is 7. The summed E-state index contributed by atoms with van der Waals surface area (Å²) in [4.78, 5) is 0. The zero-order valence-corrected chi connectivity index (χ0v) is 19.2.